The summed E-state index contributed by atoms with van der Waals surface area (Å²) in [4.78, 5) is 2.57. The maximum Gasteiger partial charge on any atom is 0.0741 e. The van der Waals surface area contributed by atoms with Gasteiger partial charge >= 0.3 is 0 Å². The fraction of sp³-hybridized carbons (Fsp3) is 1.00. The summed E-state index contributed by atoms with van der Waals surface area (Å²) >= 11 is 0. The molecule has 3 aliphatic heterocycles. The third kappa shape index (κ3) is 2.97. The number of aliphatic hydroxyl groups excluding tert-OH is 1. The van der Waals surface area contributed by atoms with E-state index in [1.165, 1.54) is 12.8 Å². The fourth-order valence-electron chi connectivity index (χ4n) is 4.08. The van der Waals surface area contributed by atoms with Gasteiger partial charge < -0.3 is 14.6 Å². The third-order valence-electron chi connectivity index (χ3n) is 5.22. The molecule has 2 unspecified atom stereocenters. The summed E-state index contributed by atoms with van der Waals surface area (Å²) in [5, 5.41) is 9.60. The van der Waals surface area contributed by atoms with Crippen LogP contribution in [0.1, 0.15) is 44.9 Å². The van der Waals surface area contributed by atoms with Gasteiger partial charge in [0.05, 0.1) is 12.2 Å². The minimum atomic E-state index is 0.0681. The number of rotatable bonds is 2. The van der Waals surface area contributed by atoms with E-state index in [0.29, 0.717) is 18.7 Å². The SMILES string of the molecule is OCC1CCCCN1C1CCOC2(CCOCC2)C1. The lowest BCUT2D eigenvalue weighted by Crippen LogP contribution is -2.55. The molecule has 0 aromatic heterocycles. The Balaban J connectivity index is 1.66. The molecule has 1 N–H and O–H groups in total. The van der Waals surface area contributed by atoms with Crippen molar-refractivity contribution in [2.24, 2.45) is 0 Å². The molecule has 1 spiro atoms. The lowest BCUT2D eigenvalue weighted by atomic mass is 9.82. The van der Waals surface area contributed by atoms with Gasteiger partial charge in [-0.2, -0.15) is 0 Å². The number of piperidine rings is 1. The van der Waals surface area contributed by atoms with Crippen LogP contribution in [0.2, 0.25) is 0 Å². The van der Waals surface area contributed by atoms with E-state index in [0.717, 1.165) is 58.5 Å². The molecule has 19 heavy (non-hydrogen) atoms. The second kappa shape index (κ2) is 6.08. The highest BCUT2D eigenvalue weighted by molar-refractivity contribution is 4.94. The summed E-state index contributed by atoms with van der Waals surface area (Å²) in [5.74, 6) is 0. The maximum absolute atomic E-state index is 9.60. The Bertz CT molecular complexity index is 286. The first kappa shape index (κ1) is 13.8. The molecule has 4 heteroatoms. The number of ether oxygens (including phenoxy) is 2. The van der Waals surface area contributed by atoms with Crippen molar-refractivity contribution in [2.75, 3.05) is 33.0 Å². The van der Waals surface area contributed by atoms with Crippen LogP contribution < -0.4 is 0 Å². The van der Waals surface area contributed by atoms with Crippen LogP contribution in [-0.2, 0) is 9.47 Å². The number of nitrogens with zero attached hydrogens (tertiary/aromatic N) is 1. The predicted octanol–water partition coefficient (Wildman–Crippen LogP) is 1.56. The van der Waals surface area contributed by atoms with Crippen molar-refractivity contribution in [2.45, 2.75) is 62.6 Å². The summed E-state index contributed by atoms with van der Waals surface area (Å²) in [6, 6.07) is 0.984. The van der Waals surface area contributed by atoms with Gasteiger partial charge in [-0.25, -0.2) is 0 Å². The van der Waals surface area contributed by atoms with E-state index in [1.807, 2.05) is 0 Å². The molecule has 0 saturated carbocycles. The van der Waals surface area contributed by atoms with Crippen molar-refractivity contribution >= 4 is 0 Å². The number of hydrogen-bond donors (Lipinski definition) is 1. The highest BCUT2D eigenvalue weighted by Gasteiger charge is 2.42. The largest absolute Gasteiger partial charge is 0.395 e. The lowest BCUT2D eigenvalue weighted by molar-refractivity contribution is -0.157. The molecule has 3 fully saturated rings. The number of likely N-dealkylation sites (tertiary alicyclic amines) is 1. The van der Waals surface area contributed by atoms with Crippen molar-refractivity contribution in [3.05, 3.63) is 0 Å². The average Bonchev–Trinajstić information content (AvgIpc) is 2.48. The van der Waals surface area contributed by atoms with Gasteiger partial charge in [0.2, 0.25) is 0 Å². The van der Waals surface area contributed by atoms with Crippen LogP contribution in [0.4, 0.5) is 0 Å². The molecule has 0 aliphatic carbocycles. The summed E-state index contributed by atoms with van der Waals surface area (Å²) in [6.45, 7) is 4.03. The Hall–Kier alpha value is -0.160. The molecule has 0 aromatic rings. The van der Waals surface area contributed by atoms with Crippen LogP contribution in [-0.4, -0.2) is 60.7 Å². The van der Waals surface area contributed by atoms with Crippen LogP contribution in [0.3, 0.4) is 0 Å². The molecule has 0 radical (unpaired) electrons. The first-order valence-corrected chi connectivity index (χ1v) is 7.91. The van der Waals surface area contributed by atoms with Gasteiger partial charge in [-0.1, -0.05) is 6.42 Å². The van der Waals surface area contributed by atoms with Crippen molar-refractivity contribution in [3.63, 3.8) is 0 Å². The van der Waals surface area contributed by atoms with E-state index in [4.69, 9.17) is 9.47 Å². The van der Waals surface area contributed by atoms with Gasteiger partial charge in [-0.15, -0.1) is 0 Å². The van der Waals surface area contributed by atoms with Crippen molar-refractivity contribution in [1.82, 2.24) is 4.90 Å². The van der Waals surface area contributed by atoms with E-state index in [2.05, 4.69) is 4.90 Å². The molecular weight excluding hydrogens is 242 g/mol. The van der Waals surface area contributed by atoms with E-state index < -0.39 is 0 Å². The molecule has 3 rings (SSSR count). The molecule has 3 aliphatic rings. The quantitative estimate of drug-likeness (QED) is 0.826. The van der Waals surface area contributed by atoms with Crippen molar-refractivity contribution < 1.29 is 14.6 Å². The van der Waals surface area contributed by atoms with E-state index in [9.17, 15) is 5.11 Å². The minimum Gasteiger partial charge on any atom is -0.395 e. The van der Waals surface area contributed by atoms with Gasteiger partial charge in [-0.3, -0.25) is 4.90 Å². The summed E-state index contributed by atoms with van der Waals surface area (Å²) in [7, 11) is 0. The Labute approximate surface area is 116 Å². The second-order valence-electron chi connectivity index (χ2n) is 6.36. The zero-order valence-electron chi connectivity index (χ0n) is 11.9. The molecule has 0 bridgehead atoms. The predicted molar refractivity (Wildman–Crippen MR) is 73.2 cm³/mol. The standard InChI is InChI=1S/C15H27NO3/c17-12-14-3-1-2-7-16(14)13-4-8-19-15(11-13)5-9-18-10-6-15/h13-14,17H,1-12H2. The van der Waals surface area contributed by atoms with Gasteiger partial charge in [0.1, 0.15) is 0 Å². The molecule has 3 heterocycles. The van der Waals surface area contributed by atoms with E-state index in [-0.39, 0.29) is 5.60 Å². The van der Waals surface area contributed by atoms with Crippen LogP contribution in [0.5, 0.6) is 0 Å². The normalized spacial score (nSPS) is 36.5. The molecule has 0 amide bonds. The molecule has 0 aromatic carbocycles. The fourth-order valence-corrected chi connectivity index (χ4v) is 4.08. The van der Waals surface area contributed by atoms with Crippen molar-refractivity contribution in [1.29, 1.82) is 0 Å². The van der Waals surface area contributed by atoms with Gasteiger partial charge in [0.25, 0.3) is 0 Å². The maximum atomic E-state index is 9.60. The number of hydrogen-bond acceptors (Lipinski definition) is 4. The van der Waals surface area contributed by atoms with Crippen LogP contribution in [0, 0.1) is 0 Å². The van der Waals surface area contributed by atoms with Crippen LogP contribution in [0.15, 0.2) is 0 Å². The summed E-state index contributed by atoms with van der Waals surface area (Å²) in [6.07, 6.45) is 8.05. The lowest BCUT2D eigenvalue weighted by Gasteiger charge is -2.49. The Morgan fingerprint density at radius 2 is 1.95 bits per heavy atom. The third-order valence-corrected chi connectivity index (χ3v) is 5.22. The summed E-state index contributed by atoms with van der Waals surface area (Å²) < 4.78 is 11.6. The minimum absolute atomic E-state index is 0.0681. The van der Waals surface area contributed by atoms with Gasteiger partial charge in [0, 0.05) is 31.9 Å². The Kier molecular flexibility index (Phi) is 4.42. The smallest absolute Gasteiger partial charge is 0.0741 e. The van der Waals surface area contributed by atoms with Crippen LogP contribution >= 0.6 is 0 Å². The average molecular weight is 269 g/mol. The number of aliphatic hydroxyl groups is 1. The molecule has 2 atom stereocenters. The van der Waals surface area contributed by atoms with Crippen molar-refractivity contribution in [3.8, 4) is 0 Å². The zero-order chi connectivity index (χ0) is 13.1. The Morgan fingerprint density at radius 3 is 2.74 bits per heavy atom. The van der Waals surface area contributed by atoms with Gasteiger partial charge in [0.15, 0.2) is 0 Å². The highest BCUT2D eigenvalue weighted by Crippen LogP contribution is 2.37. The first-order chi connectivity index (χ1) is 9.33. The monoisotopic (exact) mass is 269 g/mol. The molecule has 3 saturated heterocycles. The van der Waals surface area contributed by atoms with Gasteiger partial charge in [-0.05, 0) is 45.1 Å². The molecular formula is C15H27NO3. The van der Waals surface area contributed by atoms with E-state index in [1.54, 1.807) is 0 Å². The Morgan fingerprint density at radius 1 is 1.11 bits per heavy atom. The van der Waals surface area contributed by atoms with Crippen LogP contribution in [0.25, 0.3) is 0 Å². The summed E-state index contributed by atoms with van der Waals surface area (Å²) in [5.41, 5.74) is 0.0681. The first-order valence-electron chi connectivity index (χ1n) is 7.91. The zero-order valence-corrected chi connectivity index (χ0v) is 11.9. The topological polar surface area (TPSA) is 41.9 Å². The second-order valence-corrected chi connectivity index (χ2v) is 6.36. The van der Waals surface area contributed by atoms with E-state index >= 15 is 0 Å². The molecule has 110 valence electrons. The molecule has 4 nitrogen and oxygen atoms in total. The highest BCUT2D eigenvalue weighted by atomic mass is 16.5.